The normalized spacial score (nSPS) is 11.8. The van der Waals surface area contributed by atoms with Gasteiger partial charge in [-0.1, -0.05) is 0 Å². The van der Waals surface area contributed by atoms with Crippen molar-refractivity contribution in [2.75, 3.05) is 0 Å². The Kier molecular flexibility index (Phi) is 9.05. The Morgan fingerprint density at radius 1 is 0.720 bits per heavy atom. The van der Waals surface area contributed by atoms with Crippen LogP contribution in [0.3, 0.4) is 0 Å². The van der Waals surface area contributed by atoms with Crippen molar-refractivity contribution in [1.29, 1.82) is 0 Å². The minimum absolute atomic E-state index is 1.35. The van der Waals surface area contributed by atoms with E-state index in [0.717, 1.165) is 0 Å². The predicted octanol–water partition coefficient (Wildman–Crippen LogP) is 7.78. The molecule has 25 heavy (non-hydrogen) atoms. The van der Waals surface area contributed by atoms with Gasteiger partial charge in [-0.25, -0.2) is 0 Å². The summed E-state index contributed by atoms with van der Waals surface area (Å²) in [5.74, 6) is 0. The summed E-state index contributed by atoms with van der Waals surface area (Å²) in [6.45, 7) is 9.26. The summed E-state index contributed by atoms with van der Waals surface area (Å²) in [6, 6.07) is 14.0. The maximum atomic E-state index is 2.54. The molecule has 1 aromatic heterocycles. The topological polar surface area (TPSA) is 0 Å². The van der Waals surface area contributed by atoms with Crippen LogP contribution in [0.15, 0.2) is 36.4 Å². The fourth-order valence-electron chi connectivity index (χ4n) is 3.79. The molecule has 0 fully saturated rings. The van der Waals surface area contributed by atoms with Gasteiger partial charge in [-0.15, -0.1) is 0 Å². The Balaban J connectivity index is 2.32. The molecule has 0 nitrogen and oxygen atoms in total. The maximum absolute atomic E-state index is 2.54. The number of rotatable bonds is 11. The Hall–Kier alpha value is -0.281. The molecule has 0 saturated heterocycles. The average Bonchev–Trinajstić information content (AvgIpc) is 3.13. The van der Waals surface area contributed by atoms with Crippen LogP contribution in [0.5, 0.6) is 0 Å². The summed E-state index contributed by atoms with van der Waals surface area (Å²) in [6.07, 6.45) is 8.40. The van der Waals surface area contributed by atoms with Crippen molar-refractivity contribution in [3.63, 3.8) is 0 Å². The van der Waals surface area contributed by atoms with Crippen LogP contribution in [-0.4, -0.2) is 18.4 Å². The van der Waals surface area contributed by atoms with Crippen LogP contribution in [0.2, 0.25) is 13.3 Å². The van der Waals surface area contributed by atoms with Crippen molar-refractivity contribution >= 4 is 32.6 Å². The molecule has 0 aliphatic heterocycles. The van der Waals surface area contributed by atoms with E-state index in [-0.39, 0.29) is 0 Å². The van der Waals surface area contributed by atoms with Gasteiger partial charge < -0.3 is 0 Å². The third kappa shape index (κ3) is 5.85. The van der Waals surface area contributed by atoms with Gasteiger partial charge in [-0.05, 0) is 0 Å². The van der Waals surface area contributed by atoms with E-state index in [4.69, 9.17) is 0 Å². The van der Waals surface area contributed by atoms with Crippen LogP contribution in [0.25, 0.3) is 10.4 Å². The Bertz CT molecular complexity index is 590. The molecule has 2 aromatic rings. The average molecular weight is 463 g/mol. The third-order valence-electron chi connectivity index (χ3n) is 5.49. The van der Waals surface area contributed by atoms with Gasteiger partial charge in [0.1, 0.15) is 0 Å². The van der Waals surface area contributed by atoms with Crippen LogP contribution >= 0.6 is 11.3 Å². The van der Waals surface area contributed by atoms with Gasteiger partial charge in [0.15, 0.2) is 0 Å². The zero-order valence-electron chi connectivity index (χ0n) is 16.7. The first kappa shape index (κ1) is 21.0. The minimum atomic E-state index is -2.24. The summed E-state index contributed by atoms with van der Waals surface area (Å²) in [5, 5.41) is 0. The van der Waals surface area contributed by atoms with E-state index < -0.39 is 18.4 Å². The monoisotopic (exact) mass is 464 g/mol. The zero-order chi connectivity index (χ0) is 18.1. The van der Waals surface area contributed by atoms with Gasteiger partial charge in [0.2, 0.25) is 0 Å². The van der Waals surface area contributed by atoms with E-state index in [1.54, 1.807) is 13.3 Å². The summed E-state index contributed by atoms with van der Waals surface area (Å²) in [4.78, 5) is 1.49. The molecule has 2 heteroatoms. The molecule has 0 radical (unpaired) electrons. The summed E-state index contributed by atoms with van der Waals surface area (Å²) >= 11 is -0.0922. The van der Waals surface area contributed by atoms with Crippen LogP contribution in [0, 0.1) is 6.92 Å². The molecule has 1 aromatic carbocycles. The standard InChI is InChI=1S/C11H9S.3C4H9.Sn/c1-9-4-6-10(7-5-9)11-3-2-8-12-11;3*1-3-4-2;/h2-7H,1H3;3*1,3-4H2,2H3;. The molecular weight excluding hydrogens is 427 g/mol. The number of hydrogen-bond acceptors (Lipinski definition) is 1. The molecule has 0 spiro atoms. The van der Waals surface area contributed by atoms with Crippen molar-refractivity contribution in [3.8, 4) is 10.4 Å². The van der Waals surface area contributed by atoms with Crippen molar-refractivity contribution in [1.82, 2.24) is 0 Å². The first-order valence-corrected chi connectivity index (χ1v) is 18.6. The first-order valence-electron chi connectivity index (χ1n) is 10.3. The molecule has 138 valence electrons. The number of hydrogen-bond donors (Lipinski definition) is 0. The molecule has 0 amide bonds. The summed E-state index contributed by atoms with van der Waals surface area (Å²) in [5.41, 5.74) is 2.76. The molecule has 0 aliphatic rings. The number of unbranched alkanes of at least 4 members (excludes halogenated alkanes) is 3. The van der Waals surface area contributed by atoms with Gasteiger partial charge in [-0.2, -0.15) is 0 Å². The van der Waals surface area contributed by atoms with E-state index in [2.05, 4.69) is 75.4 Å². The summed E-state index contributed by atoms with van der Waals surface area (Å²) in [7, 11) is 0. The van der Waals surface area contributed by atoms with E-state index in [9.17, 15) is 0 Å². The van der Waals surface area contributed by atoms with Gasteiger partial charge in [0.05, 0.1) is 0 Å². The van der Waals surface area contributed by atoms with E-state index in [1.807, 2.05) is 2.89 Å². The fraction of sp³-hybridized carbons (Fsp3) is 0.565. The third-order valence-corrected chi connectivity index (χ3v) is 24.9. The van der Waals surface area contributed by atoms with Crippen molar-refractivity contribution in [3.05, 3.63) is 42.0 Å². The zero-order valence-corrected chi connectivity index (χ0v) is 20.4. The number of benzene rings is 1. The molecule has 0 bridgehead atoms. The second-order valence-electron chi connectivity index (χ2n) is 7.62. The van der Waals surface area contributed by atoms with Crippen molar-refractivity contribution in [2.45, 2.75) is 79.5 Å². The van der Waals surface area contributed by atoms with E-state index in [1.165, 1.54) is 54.5 Å². The van der Waals surface area contributed by atoms with Gasteiger partial charge in [0.25, 0.3) is 0 Å². The second kappa shape index (κ2) is 10.8. The molecule has 0 N–H and O–H groups in total. The number of thiophene rings is 1. The van der Waals surface area contributed by atoms with Crippen molar-refractivity contribution < 1.29 is 0 Å². The Morgan fingerprint density at radius 2 is 1.24 bits per heavy atom. The van der Waals surface area contributed by atoms with E-state index in [0.29, 0.717) is 0 Å². The summed E-state index contributed by atoms with van der Waals surface area (Å²) < 4.78 is 6.55. The molecule has 0 atom stereocenters. The van der Waals surface area contributed by atoms with Crippen LogP contribution < -0.4 is 2.89 Å². The first-order chi connectivity index (χ1) is 12.1. The molecule has 2 rings (SSSR count). The molecule has 0 saturated carbocycles. The molecule has 0 aliphatic carbocycles. The quantitative estimate of drug-likeness (QED) is 0.299. The van der Waals surface area contributed by atoms with Gasteiger partial charge in [-0.3, -0.25) is 0 Å². The van der Waals surface area contributed by atoms with Crippen LogP contribution in [0.4, 0.5) is 0 Å². The van der Waals surface area contributed by atoms with Crippen LogP contribution in [-0.2, 0) is 0 Å². The molecule has 0 unspecified atom stereocenters. The fourth-order valence-corrected chi connectivity index (χ4v) is 23.9. The Labute approximate surface area is 163 Å². The van der Waals surface area contributed by atoms with Gasteiger partial charge in [0, 0.05) is 0 Å². The molecule has 1 heterocycles. The SMILES string of the molecule is CCC[CH2][Sn]([CH2]CCC)([CH2]CCC)[c]1ccc(-c2ccc(C)cc2)s1. The molecular formula is C23H36SSn. The van der Waals surface area contributed by atoms with Gasteiger partial charge >= 0.3 is 165 Å². The van der Waals surface area contributed by atoms with Crippen LogP contribution in [0.1, 0.15) is 64.9 Å². The number of aryl methyl sites for hydroxylation is 1. The predicted molar refractivity (Wildman–Crippen MR) is 119 cm³/mol. The second-order valence-corrected chi connectivity index (χ2v) is 22.9. The van der Waals surface area contributed by atoms with Crippen molar-refractivity contribution in [2.24, 2.45) is 0 Å². The Morgan fingerprint density at radius 3 is 1.72 bits per heavy atom. The van der Waals surface area contributed by atoms with E-state index >= 15 is 0 Å².